The molecule has 4 nitrogen and oxygen atoms in total. The van der Waals surface area contributed by atoms with Gasteiger partial charge in [0, 0.05) is 26.2 Å². The van der Waals surface area contributed by atoms with E-state index < -0.39 is 0 Å². The highest BCUT2D eigenvalue weighted by Gasteiger charge is 2.15. The largest absolute Gasteiger partial charge is 0.289 e. The molecule has 2 rings (SSSR count). The first-order valence-electron chi connectivity index (χ1n) is 5.27. The Hall–Kier alpha value is -1.81. The number of hydrogen-bond donors (Lipinski definition) is 0. The number of rotatable bonds is 3. The van der Waals surface area contributed by atoms with E-state index in [4.69, 9.17) is 17.1 Å². The zero-order valence-electron chi connectivity index (χ0n) is 9.55. The number of benzene rings is 2. The quantitative estimate of drug-likeness (QED) is 0.325. The lowest BCUT2D eigenvalue weighted by Gasteiger charge is -2.06. The molecule has 0 N–H and O–H groups in total. The van der Waals surface area contributed by atoms with E-state index in [0.29, 0.717) is 16.1 Å². The van der Waals surface area contributed by atoms with Crippen LogP contribution in [0.4, 0.5) is 5.69 Å². The van der Waals surface area contributed by atoms with Crippen molar-refractivity contribution in [1.29, 1.82) is 0 Å². The molecular formula is C13H7BrClN3O. The summed E-state index contributed by atoms with van der Waals surface area (Å²) < 4.78 is 0.722. The molecule has 6 heteroatoms. The molecule has 0 unspecified atom stereocenters. The smallest absolute Gasteiger partial charge is 0.195 e. The standard InChI is InChI=1S/C13H7BrClN3O/c14-8-5-6-12(17-18-16)10(7-8)13(19)9-3-1-2-4-11(9)15/h1-7H. The van der Waals surface area contributed by atoms with Crippen LogP contribution in [0, 0.1) is 0 Å². The van der Waals surface area contributed by atoms with Crippen molar-refractivity contribution in [2.24, 2.45) is 5.11 Å². The van der Waals surface area contributed by atoms with E-state index in [2.05, 4.69) is 26.0 Å². The van der Waals surface area contributed by atoms with Gasteiger partial charge in [-0.15, -0.1) is 0 Å². The van der Waals surface area contributed by atoms with Gasteiger partial charge in [-0.2, -0.15) is 0 Å². The van der Waals surface area contributed by atoms with Crippen molar-refractivity contribution in [2.75, 3.05) is 0 Å². The van der Waals surface area contributed by atoms with Crippen LogP contribution in [0.15, 0.2) is 52.1 Å². The van der Waals surface area contributed by atoms with Gasteiger partial charge in [0.1, 0.15) is 0 Å². The molecular weight excluding hydrogens is 330 g/mol. The van der Waals surface area contributed by atoms with Gasteiger partial charge in [-0.05, 0) is 29.8 Å². The molecule has 94 valence electrons. The molecule has 19 heavy (non-hydrogen) atoms. The summed E-state index contributed by atoms with van der Waals surface area (Å²) in [5.74, 6) is -0.283. The third kappa shape index (κ3) is 2.96. The summed E-state index contributed by atoms with van der Waals surface area (Å²) in [5, 5.41) is 3.88. The van der Waals surface area contributed by atoms with Gasteiger partial charge in [0.15, 0.2) is 5.78 Å². The van der Waals surface area contributed by atoms with Gasteiger partial charge in [0.2, 0.25) is 0 Å². The number of hydrogen-bond acceptors (Lipinski definition) is 2. The van der Waals surface area contributed by atoms with Gasteiger partial charge in [0.05, 0.1) is 5.02 Å². The molecule has 0 heterocycles. The highest BCUT2D eigenvalue weighted by Crippen LogP contribution is 2.28. The van der Waals surface area contributed by atoms with Crippen LogP contribution in [-0.4, -0.2) is 5.78 Å². The lowest BCUT2D eigenvalue weighted by atomic mass is 10.0. The first-order valence-corrected chi connectivity index (χ1v) is 6.44. The normalized spacial score (nSPS) is 9.79. The number of azide groups is 1. The third-order valence-electron chi connectivity index (χ3n) is 2.47. The maximum absolute atomic E-state index is 12.4. The summed E-state index contributed by atoms with van der Waals surface area (Å²) in [6.45, 7) is 0. The van der Waals surface area contributed by atoms with Crippen LogP contribution in [0.25, 0.3) is 10.4 Å². The second kappa shape index (κ2) is 5.89. The molecule has 0 bridgehead atoms. The van der Waals surface area contributed by atoms with Crippen LogP contribution in [0.5, 0.6) is 0 Å². The molecule has 0 fully saturated rings. The van der Waals surface area contributed by atoms with Crippen molar-refractivity contribution in [3.63, 3.8) is 0 Å². The second-order valence-electron chi connectivity index (χ2n) is 3.66. The Bertz CT molecular complexity index is 696. The molecule has 0 spiro atoms. The monoisotopic (exact) mass is 335 g/mol. The van der Waals surface area contributed by atoms with Crippen LogP contribution >= 0.6 is 27.5 Å². The summed E-state index contributed by atoms with van der Waals surface area (Å²) in [7, 11) is 0. The van der Waals surface area contributed by atoms with Crippen molar-refractivity contribution in [3.8, 4) is 0 Å². The summed E-state index contributed by atoms with van der Waals surface area (Å²) in [6, 6.07) is 11.6. The van der Waals surface area contributed by atoms with Gasteiger partial charge in [-0.25, -0.2) is 0 Å². The van der Waals surface area contributed by atoms with Crippen LogP contribution in [0.3, 0.4) is 0 Å². The lowest BCUT2D eigenvalue weighted by molar-refractivity contribution is 0.103. The topological polar surface area (TPSA) is 65.8 Å². The zero-order valence-corrected chi connectivity index (χ0v) is 11.9. The lowest BCUT2D eigenvalue weighted by Crippen LogP contribution is -2.02. The molecule has 0 aliphatic rings. The Labute approximate surface area is 122 Å². The summed E-state index contributed by atoms with van der Waals surface area (Å²) in [4.78, 5) is 15.1. The molecule has 0 aromatic heterocycles. The van der Waals surface area contributed by atoms with Crippen LogP contribution < -0.4 is 0 Å². The predicted octanol–water partition coefficient (Wildman–Crippen LogP) is 5.28. The molecule has 0 saturated heterocycles. The van der Waals surface area contributed by atoms with Gasteiger partial charge in [0.25, 0.3) is 0 Å². The molecule has 0 amide bonds. The minimum absolute atomic E-state index is 0.274. The van der Waals surface area contributed by atoms with Crippen LogP contribution in [-0.2, 0) is 0 Å². The molecule has 2 aromatic carbocycles. The van der Waals surface area contributed by atoms with Crippen LogP contribution in [0.2, 0.25) is 5.02 Å². The van der Waals surface area contributed by atoms with Gasteiger partial charge in [-0.3, -0.25) is 4.79 Å². The number of halogens is 2. The molecule has 0 saturated carbocycles. The fourth-order valence-electron chi connectivity index (χ4n) is 1.62. The maximum Gasteiger partial charge on any atom is 0.195 e. The molecule has 0 aliphatic carbocycles. The second-order valence-corrected chi connectivity index (χ2v) is 4.98. The van der Waals surface area contributed by atoms with Crippen molar-refractivity contribution in [3.05, 3.63) is 73.5 Å². The van der Waals surface area contributed by atoms with Crippen molar-refractivity contribution < 1.29 is 4.79 Å². The summed E-state index contributed by atoms with van der Waals surface area (Å²) in [6.07, 6.45) is 0. The fourth-order valence-corrected chi connectivity index (χ4v) is 2.20. The number of nitrogens with zero attached hydrogens (tertiary/aromatic N) is 3. The van der Waals surface area contributed by atoms with E-state index in [1.165, 1.54) is 0 Å². The number of carbonyl (C=O) groups is 1. The maximum atomic E-state index is 12.4. The predicted molar refractivity (Wildman–Crippen MR) is 77.8 cm³/mol. The van der Waals surface area contributed by atoms with E-state index in [-0.39, 0.29) is 11.5 Å². The van der Waals surface area contributed by atoms with E-state index in [9.17, 15) is 4.79 Å². The highest BCUT2D eigenvalue weighted by atomic mass is 79.9. The van der Waals surface area contributed by atoms with Crippen molar-refractivity contribution >= 4 is 39.0 Å². The number of carbonyl (C=O) groups excluding carboxylic acids is 1. The number of ketones is 1. The Morgan fingerprint density at radius 2 is 1.95 bits per heavy atom. The average molecular weight is 337 g/mol. The summed E-state index contributed by atoms with van der Waals surface area (Å²) >= 11 is 9.29. The van der Waals surface area contributed by atoms with Crippen molar-refractivity contribution in [1.82, 2.24) is 0 Å². The van der Waals surface area contributed by atoms with E-state index >= 15 is 0 Å². The molecule has 2 aromatic rings. The highest BCUT2D eigenvalue weighted by molar-refractivity contribution is 9.10. The Morgan fingerprint density at radius 3 is 2.63 bits per heavy atom. The third-order valence-corrected chi connectivity index (χ3v) is 3.30. The Kier molecular flexibility index (Phi) is 4.22. The Morgan fingerprint density at radius 1 is 1.21 bits per heavy atom. The van der Waals surface area contributed by atoms with E-state index in [1.54, 1.807) is 42.5 Å². The summed E-state index contributed by atoms with van der Waals surface area (Å²) in [5.41, 5.74) is 9.48. The zero-order chi connectivity index (χ0) is 13.8. The molecule has 0 aliphatic heterocycles. The molecule has 0 radical (unpaired) electrons. The molecule has 0 atom stereocenters. The average Bonchev–Trinajstić information content (AvgIpc) is 2.41. The Balaban J connectivity index is 2.58. The minimum atomic E-state index is -0.283. The van der Waals surface area contributed by atoms with E-state index in [0.717, 1.165) is 4.47 Å². The van der Waals surface area contributed by atoms with Gasteiger partial charge < -0.3 is 0 Å². The minimum Gasteiger partial charge on any atom is -0.289 e. The van der Waals surface area contributed by atoms with Crippen molar-refractivity contribution in [2.45, 2.75) is 0 Å². The van der Waals surface area contributed by atoms with Gasteiger partial charge >= 0.3 is 0 Å². The van der Waals surface area contributed by atoms with Gasteiger partial charge in [-0.1, -0.05) is 50.8 Å². The fraction of sp³-hybridized carbons (Fsp3) is 0. The van der Waals surface area contributed by atoms with E-state index in [1.807, 2.05) is 0 Å². The first-order chi connectivity index (χ1) is 9.13. The van der Waals surface area contributed by atoms with Crippen LogP contribution in [0.1, 0.15) is 15.9 Å². The first kappa shape index (κ1) is 13.6. The SMILES string of the molecule is [N-]=[N+]=Nc1ccc(Br)cc1C(=O)c1ccccc1Cl.